The number of rotatable bonds is 7. The first kappa shape index (κ1) is 22.1. The van der Waals surface area contributed by atoms with Crippen molar-refractivity contribution in [3.05, 3.63) is 65.4 Å². The van der Waals surface area contributed by atoms with Crippen molar-refractivity contribution in [1.82, 2.24) is 15.3 Å². The van der Waals surface area contributed by atoms with Crippen molar-refractivity contribution in [3.8, 4) is 0 Å². The van der Waals surface area contributed by atoms with Crippen LogP contribution in [0.1, 0.15) is 22.2 Å². The molecule has 0 aliphatic carbocycles. The molecule has 0 bridgehead atoms. The summed E-state index contributed by atoms with van der Waals surface area (Å²) in [6.07, 6.45) is 4.92. The Morgan fingerprint density at radius 1 is 1.13 bits per heavy atom. The van der Waals surface area contributed by atoms with Crippen LogP contribution >= 0.6 is 22.7 Å². The summed E-state index contributed by atoms with van der Waals surface area (Å²) in [7, 11) is -3.58. The molecule has 10 heteroatoms. The molecule has 3 aromatic heterocycles. The van der Waals surface area contributed by atoms with Crippen LogP contribution in [0.4, 0.5) is 0 Å². The molecule has 3 heterocycles. The molecule has 0 aliphatic rings. The van der Waals surface area contributed by atoms with Crippen LogP contribution in [0.25, 0.3) is 10.1 Å². The molecule has 31 heavy (non-hydrogen) atoms. The Balaban J connectivity index is 1.44. The van der Waals surface area contributed by atoms with Gasteiger partial charge in [0.25, 0.3) is 0 Å². The molecular weight excluding hydrogens is 513 g/mol. The van der Waals surface area contributed by atoms with E-state index < -0.39 is 24.5 Å². The zero-order valence-corrected chi connectivity index (χ0v) is 21.2. The second kappa shape index (κ2) is 9.20. The molecule has 0 radical (unpaired) electrons. The van der Waals surface area contributed by atoms with Gasteiger partial charge in [0.05, 0.1) is 4.70 Å². The predicted octanol–water partition coefficient (Wildman–Crippen LogP) is 3.87. The van der Waals surface area contributed by atoms with Crippen LogP contribution in [0.2, 0.25) is 10.9 Å². The van der Waals surface area contributed by atoms with E-state index in [1.165, 1.54) is 28.9 Å². The molecule has 160 valence electrons. The molecule has 1 atom stereocenters. The van der Waals surface area contributed by atoms with Gasteiger partial charge in [-0.05, 0) is 17.5 Å². The topological polar surface area (TPSA) is 89.0 Å². The van der Waals surface area contributed by atoms with Crippen molar-refractivity contribution < 1.29 is 13.2 Å². The molecule has 1 amide bonds. The number of thiazole rings is 1. The Bertz CT molecular complexity index is 1300. The van der Waals surface area contributed by atoms with E-state index in [0.717, 1.165) is 24.7 Å². The fourth-order valence-electron chi connectivity index (χ4n) is 2.85. The van der Waals surface area contributed by atoms with Gasteiger partial charge in [0.15, 0.2) is 0 Å². The van der Waals surface area contributed by atoms with Crippen molar-refractivity contribution >= 4 is 67.0 Å². The second-order valence-corrected chi connectivity index (χ2v) is 16.9. The maximum absolute atomic E-state index is 12.9. The fraction of sp³-hybridized carbons (Fsp3) is 0.190. The number of carbonyl (C=O) groups is 1. The molecule has 1 unspecified atom stereocenters. The van der Waals surface area contributed by atoms with Gasteiger partial charge in [-0.3, -0.25) is 4.98 Å². The standard InChI is InChI=1S/C21H20AsN3O3S3/c1-3-22(2)21-25-13-19(30-21)31(27,28)16-6-4-14(5-7-16)11-24-20(26)17-10-15-8-9-23-12-18(15)29-17/h4-10,12-13H,3,11H2,1-2H3,(H,24,26). The summed E-state index contributed by atoms with van der Waals surface area (Å²) in [6.45, 7) is 2.43. The zero-order valence-electron chi connectivity index (χ0n) is 16.9. The molecule has 4 rings (SSSR count). The molecule has 1 N–H and O–H groups in total. The normalized spacial score (nSPS) is 12.7. The summed E-state index contributed by atoms with van der Waals surface area (Å²) < 4.78 is 28.1. The molecule has 0 aliphatic heterocycles. The number of aromatic nitrogens is 2. The number of benzene rings is 1. The summed E-state index contributed by atoms with van der Waals surface area (Å²) in [4.78, 5) is 21.7. The molecule has 0 saturated heterocycles. The average Bonchev–Trinajstić information content (AvgIpc) is 3.45. The Morgan fingerprint density at radius 2 is 1.90 bits per heavy atom. The van der Waals surface area contributed by atoms with E-state index in [-0.39, 0.29) is 15.0 Å². The van der Waals surface area contributed by atoms with E-state index >= 15 is 0 Å². The zero-order chi connectivity index (χ0) is 22.0. The molecule has 6 nitrogen and oxygen atoms in total. The van der Waals surface area contributed by atoms with E-state index in [0.29, 0.717) is 11.4 Å². The van der Waals surface area contributed by atoms with Gasteiger partial charge in [0.1, 0.15) is 0 Å². The first-order valence-electron chi connectivity index (χ1n) is 9.51. The van der Waals surface area contributed by atoms with Crippen LogP contribution in [-0.4, -0.2) is 38.9 Å². The third-order valence-electron chi connectivity index (χ3n) is 4.77. The van der Waals surface area contributed by atoms with Crippen molar-refractivity contribution in [2.45, 2.75) is 33.5 Å². The number of nitrogens with zero attached hydrogens (tertiary/aromatic N) is 2. The summed E-state index contributed by atoms with van der Waals surface area (Å²) in [6, 6.07) is 10.4. The number of fused-ring (bicyclic) bond motifs is 1. The van der Waals surface area contributed by atoms with Crippen LogP contribution in [0.15, 0.2) is 64.1 Å². The van der Waals surface area contributed by atoms with Crippen LogP contribution < -0.4 is 9.11 Å². The minimum absolute atomic E-state index is 0.162. The monoisotopic (exact) mass is 533 g/mol. The fourth-order valence-corrected chi connectivity index (χ4v) is 10.0. The van der Waals surface area contributed by atoms with Crippen LogP contribution in [0, 0.1) is 0 Å². The molecule has 1 aromatic carbocycles. The molecule has 0 saturated carbocycles. The average molecular weight is 534 g/mol. The summed E-state index contributed by atoms with van der Waals surface area (Å²) in [5, 5.41) is 4.93. The van der Waals surface area contributed by atoms with Gasteiger partial charge in [-0.1, -0.05) is 0 Å². The Morgan fingerprint density at radius 3 is 2.61 bits per heavy atom. The van der Waals surface area contributed by atoms with E-state index in [1.54, 1.807) is 36.7 Å². The van der Waals surface area contributed by atoms with Crippen molar-refractivity contribution in [3.63, 3.8) is 0 Å². The Kier molecular flexibility index (Phi) is 6.57. The van der Waals surface area contributed by atoms with Gasteiger partial charge < -0.3 is 0 Å². The summed E-state index contributed by atoms with van der Waals surface area (Å²) >= 11 is 1.47. The first-order valence-corrected chi connectivity index (χ1v) is 16.8. The van der Waals surface area contributed by atoms with Crippen molar-refractivity contribution in [2.24, 2.45) is 0 Å². The van der Waals surface area contributed by atoms with Crippen LogP contribution in [-0.2, 0) is 16.4 Å². The number of thiophene rings is 1. The third kappa shape index (κ3) is 4.75. The molecule has 4 aromatic rings. The van der Waals surface area contributed by atoms with Crippen LogP contribution in [0.3, 0.4) is 0 Å². The van der Waals surface area contributed by atoms with Gasteiger partial charge in [-0.25, -0.2) is 0 Å². The minimum atomic E-state index is -3.58. The predicted molar refractivity (Wildman–Crippen MR) is 127 cm³/mol. The molecule has 0 spiro atoms. The molecular formula is C21H20AsN3O3S3. The number of amides is 1. The molecule has 0 fully saturated rings. The van der Waals surface area contributed by atoms with E-state index in [4.69, 9.17) is 0 Å². The summed E-state index contributed by atoms with van der Waals surface area (Å²) in [5.41, 5.74) is 3.01. The first-order chi connectivity index (χ1) is 14.9. The third-order valence-corrected chi connectivity index (χ3v) is 14.7. The maximum atomic E-state index is 12.9. The van der Waals surface area contributed by atoms with Crippen molar-refractivity contribution in [2.75, 3.05) is 0 Å². The number of pyridine rings is 1. The van der Waals surface area contributed by atoms with E-state index in [2.05, 4.69) is 27.9 Å². The number of sulfone groups is 1. The number of hydrogen-bond donors (Lipinski definition) is 1. The number of carbonyl (C=O) groups excluding carboxylic acids is 1. The Labute approximate surface area is 193 Å². The number of hydrogen-bond acceptors (Lipinski definition) is 7. The van der Waals surface area contributed by atoms with Gasteiger partial charge in [-0.15, -0.1) is 11.3 Å². The van der Waals surface area contributed by atoms with Crippen LogP contribution in [0.5, 0.6) is 0 Å². The van der Waals surface area contributed by atoms with Gasteiger partial charge in [0, 0.05) is 12.4 Å². The van der Waals surface area contributed by atoms with Crippen molar-refractivity contribution in [1.29, 1.82) is 0 Å². The second-order valence-electron chi connectivity index (χ2n) is 6.83. The van der Waals surface area contributed by atoms with Gasteiger partial charge in [-0.2, -0.15) is 0 Å². The Hall–Kier alpha value is -2.06. The SMILES string of the molecule is CC[As](C)c1ncc(S(=O)(=O)c2ccc(CNC(=O)c3cc4ccncc4s3)cc2)s1. The van der Waals surface area contributed by atoms with Gasteiger partial charge in [0.2, 0.25) is 0 Å². The summed E-state index contributed by atoms with van der Waals surface area (Å²) in [5.74, 6) is -0.162. The number of nitrogens with one attached hydrogen (secondary N) is 1. The quantitative estimate of drug-likeness (QED) is 0.365. The van der Waals surface area contributed by atoms with E-state index in [1.807, 2.05) is 12.1 Å². The van der Waals surface area contributed by atoms with E-state index in [9.17, 15) is 13.2 Å². The van der Waals surface area contributed by atoms with Gasteiger partial charge >= 0.3 is 143 Å².